The van der Waals surface area contributed by atoms with Crippen LogP contribution in [0.1, 0.15) is 36.2 Å². The predicted octanol–water partition coefficient (Wildman–Crippen LogP) is 4.07. The number of nitrogens with one attached hydrogen (secondary N) is 2. The number of benzene rings is 1. The minimum atomic E-state index is -4.46. The SMILES string of the molecule is C=O.CC(C)CNc1ccc2ncc(C#Cc3ccnc(-c4ccc(CN5CCNCC5)c(C(F)(F)F)c4)c3)n2n1.CN. The van der Waals surface area contributed by atoms with E-state index >= 15 is 0 Å². The van der Waals surface area contributed by atoms with Crippen LogP contribution in [0.3, 0.4) is 0 Å². The molecular formula is C31H37F3N8O. The van der Waals surface area contributed by atoms with Crippen molar-refractivity contribution >= 4 is 18.3 Å². The molecule has 12 heteroatoms. The smallest absolute Gasteiger partial charge is 0.368 e. The van der Waals surface area contributed by atoms with Gasteiger partial charge < -0.3 is 21.2 Å². The Balaban J connectivity index is 0.00000121. The maximum Gasteiger partial charge on any atom is 0.416 e. The Morgan fingerprint density at radius 3 is 2.49 bits per heavy atom. The molecule has 0 radical (unpaired) electrons. The standard InChI is InChI=1S/C29H30F3N7.CH5N.CH2O/c1-20(2)17-35-27-7-8-28-36-18-24(39(28)37-27)6-3-21-9-10-34-26(15-21)22-4-5-23(25(16-22)29(30,31)32)19-38-13-11-33-12-14-38;2*1-2/h4-5,7-10,15-16,18,20,33H,11-14,17,19H2,1-2H3,(H,35,37);2H2,1H3;1H2. The Labute approximate surface area is 249 Å². The number of fused-ring (bicyclic) bond motifs is 1. The average Bonchev–Trinajstić information content (AvgIpc) is 3.43. The van der Waals surface area contributed by atoms with E-state index < -0.39 is 11.7 Å². The van der Waals surface area contributed by atoms with Crippen LogP contribution in [0.2, 0.25) is 0 Å². The van der Waals surface area contributed by atoms with Crippen molar-refractivity contribution in [1.82, 2.24) is 29.8 Å². The van der Waals surface area contributed by atoms with Crippen molar-refractivity contribution in [3.63, 3.8) is 0 Å². The van der Waals surface area contributed by atoms with Gasteiger partial charge in [-0.15, -0.1) is 5.10 Å². The summed E-state index contributed by atoms with van der Waals surface area (Å²) in [7, 11) is 1.50. The maximum atomic E-state index is 14.0. The Hall–Kier alpha value is -4.31. The van der Waals surface area contributed by atoms with E-state index in [1.165, 1.54) is 13.1 Å². The van der Waals surface area contributed by atoms with Gasteiger partial charge >= 0.3 is 6.18 Å². The number of carbonyl (C=O) groups excluding carboxylic acids is 1. The van der Waals surface area contributed by atoms with Gasteiger partial charge in [0.2, 0.25) is 0 Å². The number of alkyl halides is 3. The van der Waals surface area contributed by atoms with Gasteiger partial charge in [0.15, 0.2) is 5.65 Å². The van der Waals surface area contributed by atoms with Gasteiger partial charge in [-0.2, -0.15) is 13.2 Å². The Morgan fingerprint density at radius 2 is 1.79 bits per heavy atom. The summed E-state index contributed by atoms with van der Waals surface area (Å²) < 4.78 is 43.7. The lowest BCUT2D eigenvalue weighted by molar-refractivity contribution is -0.138. The van der Waals surface area contributed by atoms with Crippen LogP contribution in [-0.2, 0) is 17.5 Å². The lowest BCUT2D eigenvalue weighted by Gasteiger charge is -2.28. The van der Waals surface area contributed by atoms with Crippen LogP contribution in [0.25, 0.3) is 16.9 Å². The van der Waals surface area contributed by atoms with Crippen LogP contribution in [0.4, 0.5) is 19.0 Å². The molecule has 0 saturated carbocycles. The fourth-order valence-corrected chi connectivity index (χ4v) is 4.41. The molecule has 1 aliphatic rings. The highest BCUT2D eigenvalue weighted by molar-refractivity contribution is 5.63. The number of nitrogens with zero attached hydrogens (tertiary/aromatic N) is 5. The quantitative estimate of drug-likeness (QED) is 0.287. The van der Waals surface area contributed by atoms with E-state index in [0.717, 1.165) is 38.5 Å². The van der Waals surface area contributed by atoms with Gasteiger partial charge in [0.25, 0.3) is 0 Å². The molecule has 0 spiro atoms. The van der Waals surface area contributed by atoms with Gasteiger partial charge in [0, 0.05) is 56.6 Å². The van der Waals surface area contributed by atoms with Crippen molar-refractivity contribution in [2.75, 3.05) is 45.1 Å². The number of anilines is 1. The molecule has 3 aromatic heterocycles. The van der Waals surface area contributed by atoms with E-state index in [1.54, 1.807) is 41.2 Å². The van der Waals surface area contributed by atoms with E-state index in [4.69, 9.17) is 4.79 Å². The molecule has 1 aliphatic heterocycles. The zero-order chi connectivity index (χ0) is 31.4. The fraction of sp³-hybridized carbons (Fsp3) is 0.355. The molecule has 1 fully saturated rings. The van der Waals surface area contributed by atoms with Crippen molar-refractivity contribution in [1.29, 1.82) is 0 Å². The number of pyridine rings is 1. The van der Waals surface area contributed by atoms with Crippen molar-refractivity contribution in [2.45, 2.75) is 26.6 Å². The van der Waals surface area contributed by atoms with Gasteiger partial charge in [-0.05, 0) is 54.8 Å². The number of rotatable bonds is 6. The second-order valence-corrected chi connectivity index (χ2v) is 9.98. The zero-order valence-electron chi connectivity index (χ0n) is 24.6. The Bertz CT molecular complexity index is 1540. The highest BCUT2D eigenvalue weighted by Gasteiger charge is 2.34. The minimum Gasteiger partial charge on any atom is -0.368 e. The molecule has 0 unspecified atom stereocenters. The summed E-state index contributed by atoms with van der Waals surface area (Å²) in [5, 5.41) is 11.1. The number of aromatic nitrogens is 4. The second-order valence-electron chi connectivity index (χ2n) is 9.98. The lowest BCUT2D eigenvalue weighted by atomic mass is 10.00. The first kappa shape index (κ1) is 33.2. The zero-order valence-corrected chi connectivity index (χ0v) is 24.6. The maximum absolute atomic E-state index is 14.0. The van der Waals surface area contributed by atoms with Crippen molar-refractivity contribution in [2.24, 2.45) is 11.7 Å². The van der Waals surface area contributed by atoms with Crippen LogP contribution in [0, 0.1) is 17.8 Å². The van der Waals surface area contributed by atoms with E-state index in [2.05, 4.69) is 57.1 Å². The lowest BCUT2D eigenvalue weighted by Crippen LogP contribution is -2.43. The topological polar surface area (TPSA) is 113 Å². The van der Waals surface area contributed by atoms with Crippen LogP contribution in [0.15, 0.2) is 54.9 Å². The first-order valence-electron chi connectivity index (χ1n) is 13.8. The molecule has 43 heavy (non-hydrogen) atoms. The van der Waals surface area contributed by atoms with Crippen LogP contribution in [0.5, 0.6) is 0 Å². The molecule has 5 rings (SSSR count). The molecule has 4 N–H and O–H groups in total. The molecule has 0 aliphatic carbocycles. The molecule has 228 valence electrons. The predicted molar refractivity (Wildman–Crippen MR) is 162 cm³/mol. The second kappa shape index (κ2) is 15.8. The molecule has 4 heterocycles. The van der Waals surface area contributed by atoms with Crippen molar-refractivity contribution in [3.8, 4) is 23.1 Å². The van der Waals surface area contributed by atoms with Gasteiger partial charge in [-0.3, -0.25) is 9.88 Å². The number of carbonyl (C=O) groups is 1. The summed E-state index contributed by atoms with van der Waals surface area (Å²) in [5.74, 6) is 7.37. The van der Waals surface area contributed by atoms with Crippen LogP contribution >= 0.6 is 0 Å². The van der Waals surface area contributed by atoms with Crippen LogP contribution < -0.4 is 16.4 Å². The summed E-state index contributed by atoms with van der Waals surface area (Å²) in [6.45, 7) is 10.3. The number of nitrogens with two attached hydrogens (primary N) is 1. The summed E-state index contributed by atoms with van der Waals surface area (Å²) in [4.78, 5) is 18.7. The fourth-order valence-electron chi connectivity index (χ4n) is 4.41. The number of hydrogen-bond acceptors (Lipinski definition) is 8. The summed E-state index contributed by atoms with van der Waals surface area (Å²) >= 11 is 0. The molecule has 1 aromatic carbocycles. The third-order valence-electron chi connectivity index (χ3n) is 6.46. The van der Waals surface area contributed by atoms with E-state index in [0.29, 0.717) is 34.1 Å². The first-order chi connectivity index (χ1) is 20.8. The summed E-state index contributed by atoms with van der Waals surface area (Å²) in [5.41, 5.74) is 6.87. The molecular weight excluding hydrogens is 557 g/mol. The molecule has 1 saturated heterocycles. The molecule has 0 amide bonds. The van der Waals surface area contributed by atoms with E-state index in [1.807, 2.05) is 23.8 Å². The normalized spacial score (nSPS) is 13.3. The van der Waals surface area contributed by atoms with Gasteiger partial charge in [-0.1, -0.05) is 31.9 Å². The van der Waals surface area contributed by atoms with Gasteiger partial charge in [0.1, 0.15) is 18.3 Å². The molecule has 4 aromatic rings. The van der Waals surface area contributed by atoms with Gasteiger partial charge in [0.05, 0.1) is 17.5 Å². The minimum absolute atomic E-state index is 0.262. The van der Waals surface area contributed by atoms with Gasteiger partial charge in [-0.25, -0.2) is 9.50 Å². The third kappa shape index (κ3) is 9.09. The van der Waals surface area contributed by atoms with E-state index in [9.17, 15) is 13.2 Å². The largest absolute Gasteiger partial charge is 0.416 e. The molecule has 9 nitrogen and oxygen atoms in total. The first-order valence-corrected chi connectivity index (χ1v) is 13.8. The van der Waals surface area contributed by atoms with Crippen molar-refractivity contribution in [3.05, 3.63) is 77.2 Å². The van der Waals surface area contributed by atoms with E-state index in [-0.39, 0.29) is 12.1 Å². The number of imidazole rings is 1. The Morgan fingerprint density at radius 1 is 1.05 bits per heavy atom. The highest BCUT2D eigenvalue weighted by Crippen LogP contribution is 2.35. The summed E-state index contributed by atoms with van der Waals surface area (Å²) in [6.07, 6.45) is -1.26. The monoisotopic (exact) mass is 594 g/mol. The summed E-state index contributed by atoms with van der Waals surface area (Å²) in [6, 6.07) is 11.6. The number of hydrogen-bond donors (Lipinski definition) is 3. The Kier molecular flexibility index (Phi) is 12.2. The molecule has 0 bridgehead atoms. The number of halogens is 3. The van der Waals surface area contributed by atoms with Crippen molar-refractivity contribution < 1.29 is 18.0 Å². The highest BCUT2D eigenvalue weighted by atomic mass is 19.4. The number of piperazine rings is 1. The van der Waals surface area contributed by atoms with Crippen LogP contribution in [-0.4, -0.2) is 71.0 Å². The average molecular weight is 595 g/mol. The third-order valence-corrected chi connectivity index (χ3v) is 6.46. The molecule has 0 atom stereocenters.